The Labute approximate surface area is 174 Å². The molecule has 0 nitrogen and oxygen atoms in total. The number of hydrogen-bond donors (Lipinski definition) is 0. The summed E-state index contributed by atoms with van der Waals surface area (Å²) in [6, 6.07) is 7.13. The van der Waals surface area contributed by atoms with Gasteiger partial charge in [0.15, 0.2) is 0 Å². The Morgan fingerprint density at radius 3 is 1.75 bits per heavy atom. The van der Waals surface area contributed by atoms with E-state index in [1.165, 1.54) is 74.1 Å². The lowest BCUT2D eigenvalue weighted by atomic mass is 9.77. The summed E-state index contributed by atoms with van der Waals surface area (Å²) in [6.07, 6.45) is 2.42. The van der Waals surface area contributed by atoms with Gasteiger partial charge in [-0.05, 0) is 123 Å². The largest absolute Gasteiger partial charge is 0.0680 e. The third kappa shape index (κ3) is 3.97. The van der Waals surface area contributed by atoms with Crippen molar-refractivity contribution in [2.24, 2.45) is 0 Å². The van der Waals surface area contributed by atoms with E-state index in [0.717, 1.165) is 0 Å². The highest BCUT2D eigenvalue weighted by atomic mass is 14.3. The van der Waals surface area contributed by atoms with E-state index in [-0.39, 0.29) is 5.41 Å². The first kappa shape index (κ1) is 22.5. The van der Waals surface area contributed by atoms with Crippen LogP contribution in [0.5, 0.6) is 0 Å². The van der Waals surface area contributed by atoms with E-state index in [0.29, 0.717) is 0 Å². The molecule has 0 heterocycles. The molecule has 0 amide bonds. The Hall–Kier alpha value is -1.82. The molecule has 2 aromatic carbocycles. The molecule has 0 aromatic heterocycles. The maximum atomic E-state index is 2.47. The van der Waals surface area contributed by atoms with Crippen molar-refractivity contribution in [3.05, 3.63) is 73.8 Å². The van der Waals surface area contributed by atoms with Crippen molar-refractivity contribution < 1.29 is 0 Å². The Morgan fingerprint density at radius 1 is 0.786 bits per heavy atom. The lowest BCUT2D eigenvalue weighted by Crippen LogP contribution is -2.17. The van der Waals surface area contributed by atoms with Crippen molar-refractivity contribution in [3.8, 4) is 0 Å². The summed E-state index contributed by atoms with van der Waals surface area (Å²) < 4.78 is 0. The van der Waals surface area contributed by atoms with Gasteiger partial charge in [0.25, 0.3) is 0 Å². The lowest BCUT2D eigenvalue weighted by Gasteiger charge is -2.28. The van der Waals surface area contributed by atoms with Crippen LogP contribution in [-0.2, 0) is 5.41 Å². The van der Waals surface area contributed by atoms with Crippen LogP contribution in [0.3, 0.4) is 0 Å². The summed E-state index contributed by atoms with van der Waals surface area (Å²) in [5.41, 5.74) is 15.8. The third-order valence-electron chi connectivity index (χ3n) is 6.91. The first-order valence-corrected chi connectivity index (χ1v) is 10.8. The highest BCUT2D eigenvalue weighted by molar-refractivity contribution is 5.87. The molecule has 0 aliphatic heterocycles. The van der Waals surface area contributed by atoms with E-state index in [4.69, 9.17) is 0 Å². The predicted octanol–water partition coefficient (Wildman–Crippen LogP) is 8.46. The summed E-state index contributed by atoms with van der Waals surface area (Å²) in [6.45, 7) is 25.2. The molecule has 2 rings (SSSR count). The average molecular weight is 377 g/mol. The van der Waals surface area contributed by atoms with Crippen molar-refractivity contribution in [2.75, 3.05) is 0 Å². The quantitative estimate of drug-likeness (QED) is 0.491. The van der Waals surface area contributed by atoms with E-state index in [1.54, 1.807) is 0 Å². The fourth-order valence-corrected chi connectivity index (χ4v) is 4.61. The van der Waals surface area contributed by atoms with Crippen LogP contribution in [0.2, 0.25) is 0 Å². The average Bonchev–Trinajstić information content (AvgIpc) is 2.62. The molecule has 0 saturated carbocycles. The predicted molar refractivity (Wildman–Crippen MR) is 127 cm³/mol. The monoisotopic (exact) mass is 376 g/mol. The smallest absolute Gasteiger partial charge is 0.0103 e. The molecule has 0 aliphatic carbocycles. The number of benzene rings is 2. The molecule has 0 fully saturated rings. The molecule has 0 N–H and O–H groups in total. The van der Waals surface area contributed by atoms with Gasteiger partial charge in [0.1, 0.15) is 0 Å². The van der Waals surface area contributed by atoms with Crippen molar-refractivity contribution in [1.29, 1.82) is 0 Å². The second kappa shape index (κ2) is 8.27. The molecule has 0 unspecified atom stereocenters. The minimum absolute atomic E-state index is 0.202. The summed E-state index contributed by atoms with van der Waals surface area (Å²) in [5.74, 6) is 0. The van der Waals surface area contributed by atoms with Gasteiger partial charge in [-0.15, -0.1) is 0 Å². The molecule has 0 spiro atoms. The van der Waals surface area contributed by atoms with E-state index in [9.17, 15) is 0 Å². The first-order chi connectivity index (χ1) is 12.9. The fraction of sp³-hybridized carbons (Fsp3) is 0.500. The first-order valence-electron chi connectivity index (χ1n) is 10.8. The molecule has 0 aliphatic rings. The van der Waals surface area contributed by atoms with Gasteiger partial charge < -0.3 is 0 Å². The molecule has 0 radical (unpaired) electrons. The number of allylic oxidation sites excluding steroid dienone is 1. The second-order valence-electron chi connectivity index (χ2n) is 9.54. The maximum absolute atomic E-state index is 2.47. The van der Waals surface area contributed by atoms with E-state index in [1.807, 2.05) is 0 Å². The highest BCUT2D eigenvalue weighted by Gasteiger charge is 2.23. The molecule has 0 bridgehead atoms. The van der Waals surface area contributed by atoms with Gasteiger partial charge in [-0.25, -0.2) is 0 Å². The van der Waals surface area contributed by atoms with Crippen LogP contribution >= 0.6 is 0 Å². The van der Waals surface area contributed by atoms with Gasteiger partial charge >= 0.3 is 0 Å². The molecular weight excluding hydrogens is 336 g/mol. The van der Waals surface area contributed by atoms with Gasteiger partial charge in [-0.3, -0.25) is 0 Å². The summed E-state index contributed by atoms with van der Waals surface area (Å²) >= 11 is 0. The molecular formula is C28H40. The Bertz CT molecular complexity index is 887. The van der Waals surface area contributed by atoms with Crippen LogP contribution in [0.15, 0.2) is 23.8 Å². The molecule has 0 atom stereocenters. The van der Waals surface area contributed by atoms with Gasteiger partial charge in [-0.1, -0.05) is 51.0 Å². The van der Waals surface area contributed by atoms with E-state index >= 15 is 0 Å². The molecule has 152 valence electrons. The highest BCUT2D eigenvalue weighted by Crippen LogP contribution is 2.39. The van der Waals surface area contributed by atoms with Crippen LogP contribution < -0.4 is 0 Å². The van der Waals surface area contributed by atoms with Crippen LogP contribution in [0, 0.1) is 41.5 Å². The number of aryl methyl sites for hydroxylation is 1. The summed E-state index contributed by atoms with van der Waals surface area (Å²) in [4.78, 5) is 0. The normalized spacial score (nSPS) is 11.7. The van der Waals surface area contributed by atoms with Gasteiger partial charge in [0.2, 0.25) is 0 Å². The van der Waals surface area contributed by atoms with Crippen LogP contribution in [0.4, 0.5) is 0 Å². The van der Waals surface area contributed by atoms with Crippen molar-refractivity contribution >= 4 is 5.57 Å². The summed E-state index contributed by atoms with van der Waals surface area (Å²) in [7, 11) is 0. The minimum atomic E-state index is 0.202. The van der Waals surface area contributed by atoms with Gasteiger partial charge in [-0.2, -0.15) is 0 Å². The fourth-order valence-electron chi connectivity index (χ4n) is 4.61. The zero-order chi connectivity index (χ0) is 21.4. The van der Waals surface area contributed by atoms with Crippen molar-refractivity contribution in [3.63, 3.8) is 0 Å². The molecule has 0 heteroatoms. The zero-order valence-corrected chi connectivity index (χ0v) is 20.1. The Kier molecular flexibility index (Phi) is 6.64. The standard InChI is InChI=1S/C28H40/c1-12-15-28(10,11)24-14-13-18(4)25(16-24)26(17(2)3)27-22(8)20(6)19(5)21(7)23(27)9/h13-14,16H,12,15H2,1-11H3. The topological polar surface area (TPSA) is 0 Å². The Balaban J connectivity index is 2.84. The van der Waals surface area contributed by atoms with Gasteiger partial charge in [0, 0.05) is 0 Å². The number of rotatable bonds is 5. The van der Waals surface area contributed by atoms with Crippen molar-refractivity contribution in [2.45, 2.75) is 94.4 Å². The molecule has 28 heavy (non-hydrogen) atoms. The third-order valence-corrected chi connectivity index (χ3v) is 6.91. The van der Waals surface area contributed by atoms with Crippen LogP contribution in [0.1, 0.15) is 97.5 Å². The van der Waals surface area contributed by atoms with Crippen molar-refractivity contribution in [1.82, 2.24) is 0 Å². The van der Waals surface area contributed by atoms with E-state index in [2.05, 4.69) is 94.4 Å². The maximum Gasteiger partial charge on any atom is -0.0103 e. The lowest BCUT2D eigenvalue weighted by molar-refractivity contribution is 0.473. The summed E-state index contributed by atoms with van der Waals surface area (Å²) in [5, 5.41) is 0. The zero-order valence-electron chi connectivity index (χ0n) is 20.1. The molecule has 0 saturated heterocycles. The van der Waals surface area contributed by atoms with Crippen LogP contribution in [0.25, 0.3) is 5.57 Å². The number of hydrogen-bond acceptors (Lipinski definition) is 0. The van der Waals surface area contributed by atoms with Gasteiger partial charge in [0.05, 0.1) is 0 Å². The Morgan fingerprint density at radius 2 is 1.29 bits per heavy atom. The molecule has 2 aromatic rings. The van der Waals surface area contributed by atoms with E-state index < -0.39 is 0 Å². The van der Waals surface area contributed by atoms with Crippen LogP contribution in [-0.4, -0.2) is 0 Å². The minimum Gasteiger partial charge on any atom is -0.0680 e. The SMILES string of the molecule is CCCC(C)(C)c1ccc(C)c(C(=C(C)C)c2c(C)c(C)c(C)c(C)c2C)c1. The second-order valence-corrected chi connectivity index (χ2v) is 9.54.